The van der Waals surface area contributed by atoms with Crippen LogP contribution >= 0.6 is 0 Å². The van der Waals surface area contributed by atoms with Crippen LogP contribution in [0.25, 0.3) is 11.4 Å². The molecule has 4 rings (SSSR count). The Labute approximate surface area is 123 Å². The van der Waals surface area contributed by atoms with E-state index in [0.29, 0.717) is 5.92 Å². The fourth-order valence-electron chi connectivity index (χ4n) is 3.21. The maximum atomic E-state index is 5.92. The van der Waals surface area contributed by atoms with Gasteiger partial charge in [-0.05, 0) is 60.2 Å². The van der Waals surface area contributed by atoms with E-state index in [1.165, 1.54) is 12.8 Å². The summed E-state index contributed by atoms with van der Waals surface area (Å²) in [6.07, 6.45) is 3.75. The minimum Gasteiger partial charge on any atom is -0.399 e. The molecule has 0 spiro atoms. The van der Waals surface area contributed by atoms with Gasteiger partial charge in [-0.1, -0.05) is 6.07 Å². The van der Waals surface area contributed by atoms with E-state index >= 15 is 0 Å². The van der Waals surface area contributed by atoms with E-state index < -0.39 is 0 Å². The van der Waals surface area contributed by atoms with Crippen molar-refractivity contribution in [1.82, 2.24) is 20.2 Å². The van der Waals surface area contributed by atoms with E-state index in [0.717, 1.165) is 35.7 Å². The number of anilines is 1. The molecule has 0 amide bonds. The zero-order chi connectivity index (χ0) is 14.4. The van der Waals surface area contributed by atoms with Crippen LogP contribution in [-0.2, 0) is 4.74 Å². The van der Waals surface area contributed by atoms with Crippen molar-refractivity contribution in [1.29, 1.82) is 0 Å². The normalized spacial score (nSPS) is 25.4. The van der Waals surface area contributed by atoms with Gasteiger partial charge in [0.15, 0.2) is 5.82 Å². The Hall–Kier alpha value is -1.95. The molecule has 6 nitrogen and oxygen atoms in total. The molecule has 0 bridgehead atoms. The molecule has 2 N–H and O–H groups in total. The van der Waals surface area contributed by atoms with Crippen molar-refractivity contribution in [2.75, 3.05) is 12.3 Å². The summed E-state index contributed by atoms with van der Waals surface area (Å²) in [5.74, 6) is 1.47. The van der Waals surface area contributed by atoms with Crippen LogP contribution in [0.15, 0.2) is 18.2 Å². The first-order chi connectivity index (χ1) is 10.2. The highest BCUT2D eigenvalue weighted by Gasteiger charge is 2.43. The van der Waals surface area contributed by atoms with Gasteiger partial charge in [0.1, 0.15) is 0 Å². The van der Waals surface area contributed by atoms with E-state index in [1.807, 2.05) is 22.9 Å². The van der Waals surface area contributed by atoms with E-state index in [-0.39, 0.29) is 12.1 Å². The summed E-state index contributed by atoms with van der Waals surface area (Å²) < 4.78 is 7.86. The second-order valence-electron chi connectivity index (χ2n) is 6.05. The van der Waals surface area contributed by atoms with E-state index in [4.69, 9.17) is 10.5 Å². The Morgan fingerprint density at radius 1 is 1.29 bits per heavy atom. The molecule has 1 aromatic heterocycles. The molecule has 6 heteroatoms. The number of aryl methyl sites for hydroxylation is 1. The lowest BCUT2D eigenvalue weighted by Crippen LogP contribution is -2.24. The van der Waals surface area contributed by atoms with Gasteiger partial charge in [-0.25, -0.2) is 4.68 Å². The number of nitrogens with zero attached hydrogens (tertiary/aromatic N) is 4. The zero-order valence-corrected chi connectivity index (χ0v) is 12.1. The van der Waals surface area contributed by atoms with Gasteiger partial charge < -0.3 is 10.5 Å². The number of ether oxygens (including phenoxy) is 1. The fraction of sp³-hybridized carbons (Fsp3) is 0.533. The molecule has 2 aromatic rings. The topological polar surface area (TPSA) is 78.9 Å². The third-order valence-electron chi connectivity index (χ3n) is 4.50. The average molecular weight is 285 g/mol. The van der Waals surface area contributed by atoms with Crippen molar-refractivity contribution < 1.29 is 4.74 Å². The zero-order valence-electron chi connectivity index (χ0n) is 12.1. The predicted molar refractivity (Wildman–Crippen MR) is 78.5 cm³/mol. The minimum atomic E-state index is 0.239. The standard InChI is InChI=1S/C15H19N5O/c1-9-2-5-11(16)8-12(9)15-17-18-19-20(15)13-6-7-21-14(13)10-3-4-10/h2,5,8,10,13-14H,3-4,6-7,16H2,1H3. The summed E-state index contributed by atoms with van der Waals surface area (Å²) in [4.78, 5) is 0. The van der Waals surface area contributed by atoms with Gasteiger partial charge in [0.25, 0.3) is 0 Å². The van der Waals surface area contributed by atoms with Crippen LogP contribution < -0.4 is 5.73 Å². The summed E-state index contributed by atoms with van der Waals surface area (Å²) in [6.45, 7) is 2.85. The fourth-order valence-corrected chi connectivity index (χ4v) is 3.21. The van der Waals surface area contributed by atoms with Crippen molar-refractivity contribution in [3.8, 4) is 11.4 Å². The lowest BCUT2D eigenvalue weighted by molar-refractivity contribution is 0.0725. The quantitative estimate of drug-likeness (QED) is 0.872. The van der Waals surface area contributed by atoms with Gasteiger partial charge in [-0.15, -0.1) is 5.10 Å². The van der Waals surface area contributed by atoms with Crippen LogP contribution in [0.1, 0.15) is 30.9 Å². The Kier molecular flexibility index (Phi) is 2.92. The highest BCUT2D eigenvalue weighted by Crippen LogP contribution is 2.44. The monoisotopic (exact) mass is 285 g/mol. The van der Waals surface area contributed by atoms with Gasteiger partial charge >= 0.3 is 0 Å². The molecule has 2 heterocycles. The number of nitrogen functional groups attached to an aromatic ring is 1. The molecule has 2 atom stereocenters. The molecule has 2 fully saturated rings. The van der Waals surface area contributed by atoms with Crippen molar-refractivity contribution in [3.63, 3.8) is 0 Å². The van der Waals surface area contributed by atoms with Gasteiger partial charge in [0.2, 0.25) is 0 Å². The van der Waals surface area contributed by atoms with Crippen LogP contribution in [0.4, 0.5) is 5.69 Å². The Morgan fingerprint density at radius 2 is 2.14 bits per heavy atom. The SMILES string of the molecule is Cc1ccc(N)cc1-c1nnnn1C1CCOC1C1CC1. The van der Waals surface area contributed by atoms with Crippen molar-refractivity contribution >= 4 is 5.69 Å². The Balaban J connectivity index is 1.75. The third-order valence-corrected chi connectivity index (χ3v) is 4.50. The average Bonchev–Trinajstić information content (AvgIpc) is 3.02. The van der Waals surface area contributed by atoms with Crippen LogP contribution in [0.2, 0.25) is 0 Å². The molecule has 1 saturated heterocycles. The Morgan fingerprint density at radius 3 is 2.95 bits per heavy atom. The van der Waals surface area contributed by atoms with E-state index in [9.17, 15) is 0 Å². The molecule has 1 aromatic carbocycles. The van der Waals surface area contributed by atoms with Gasteiger partial charge in [0.05, 0.1) is 12.1 Å². The van der Waals surface area contributed by atoms with Crippen LogP contribution in [0.5, 0.6) is 0 Å². The summed E-state index contributed by atoms with van der Waals surface area (Å²) >= 11 is 0. The number of benzene rings is 1. The number of aromatic nitrogens is 4. The molecule has 0 radical (unpaired) electrons. The molecule has 2 unspecified atom stereocenters. The van der Waals surface area contributed by atoms with E-state index in [2.05, 4.69) is 22.4 Å². The summed E-state index contributed by atoms with van der Waals surface area (Å²) in [6, 6.07) is 6.09. The molecule has 21 heavy (non-hydrogen) atoms. The lowest BCUT2D eigenvalue weighted by atomic mass is 10.0. The largest absolute Gasteiger partial charge is 0.399 e. The number of hydrogen-bond donors (Lipinski definition) is 1. The highest BCUT2D eigenvalue weighted by atomic mass is 16.5. The number of rotatable bonds is 3. The molecule has 1 aliphatic carbocycles. The van der Waals surface area contributed by atoms with E-state index in [1.54, 1.807) is 0 Å². The van der Waals surface area contributed by atoms with Gasteiger partial charge in [-0.3, -0.25) is 0 Å². The Bertz CT molecular complexity index is 664. The number of hydrogen-bond acceptors (Lipinski definition) is 5. The van der Waals surface area contributed by atoms with Gasteiger partial charge in [-0.2, -0.15) is 0 Å². The smallest absolute Gasteiger partial charge is 0.182 e. The minimum absolute atomic E-state index is 0.239. The molecule has 1 aliphatic heterocycles. The second kappa shape index (κ2) is 4.80. The van der Waals surface area contributed by atoms with Crippen molar-refractivity contribution in [3.05, 3.63) is 23.8 Å². The lowest BCUT2D eigenvalue weighted by Gasteiger charge is -2.19. The summed E-state index contributed by atoms with van der Waals surface area (Å²) in [5.41, 5.74) is 8.78. The van der Waals surface area contributed by atoms with Crippen molar-refractivity contribution in [2.24, 2.45) is 5.92 Å². The van der Waals surface area contributed by atoms with Crippen LogP contribution in [0, 0.1) is 12.8 Å². The predicted octanol–water partition coefficient (Wildman–Crippen LogP) is 1.97. The molecule has 2 aliphatic rings. The third kappa shape index (κ3) is 2.19. The molecular formula is C15H19N5O. The maximum absolute atomic E-state index is 5.92. The first-order valence-electron chi connectivity index (χ1n) is 7.50. The molecule has 1 saturated carbocycles. The summed E-state index contributed by atoms with van der Waals surface area (Å²) in [5, 5.41) is 12.4. The van der Waals surface area contributed by atoms with Crippen LogP contribution in [-0.4, -0.2) is 32.9 Å². The molecule has 110 valence electrons. The second-order valence-corrected chi connectivity index (χ2v) is 6.05. The highest BCUT2D eigenvalue weighted by molar-refractivity contribution is 5.65. The number of tetrazole rings is 1. The number of nitrogens with two attached hydrogens (primary N) is 1. The van der Waals surface area contributed by atoms with Gasteiger partial charge in [0, 0.05) is 17.9 Å². The van der Waals surface area contributed by atoms with Crippen molar-refractivity contribution in [2.45, 2.75) is 38.3 Å². The molecular weight excluding hydrogens is 266 g/mol. The summed E-state index contributed by atoms with van der Waals surface area (Å²) in [7, 11) is 0. The first-order valence-corrected chi connectivity index (χ1v) is 7.50. The first kappa shape index (κ1) is 12.8. The van der Waals surface area contributed by atoms with Crippen LogP contribution in [0.3, 0.4) is 0 Å². The maximum Gasteiger partial charge on any atom is 0.182 e.